The number of nitrogens with zero attached hydrogens (tertiary/aromatic N) is 2. The van der Waals surface area contributed by atoms with Crippen molar-refractivity contribution in [3.63, 3.8) is 0 Å². The number of fused-ring (bicyclic) bond motifs is 2. The molecule has 0 aliphatic carbocycles. The van der Waals surface area contributed by atoms with E-state index in [1.807, 2.05) is 0 Å². The van der Waals surface area contributed by atoms with E-state index in [1.165, 1.54) is 42.5 Å². The van der Waals surface area contributed by atoms with Crippen molar-refractivity contribution in [2.75, 3.05) is 0 Å². The molecule has 0 radical (unpaired) electrons. The summed E-state index contributed by atoms with van der Waals surface area (Å²) >= 11 is 0. The fourth-order valence-electron chi connectivity index (χ4n) is 3.28. The van der Waals surface area contributed by atoms with Gasteiger partial charge in [-0.1, -0.05) is 42.5 Å². The molecule has 2 N–H and O–H groups in total. The van der Waals surface area contributed by atoms with Crippen LogP contribution in [0.1, 0.15) is 0 Å². The Morgan fingerprint density at radius 3 is 1.88 bits per heavy atom. The zero-order valence-electron chi connectivity index (χ0n) is 16.5. The standard InChI is InChI=1S/C20H14N2O7S2.Na/c23-20-15-6-3-7-18(30(24,25)26)14(15)8-9-17(20)22-21-16-10-11-19(31(27,28)29)13-5-2-1-4-12(13)16;/h1-11,23H,(H,24,25,26)(H,27,28,29);/q;+1/p-1. The number of rotatable bonds is 4. The monoisotopic (exact) mass is 480 g/mol. The number of phenolic OH excluding ortho intramolecular Hbond substituents is 1. The fourth-order valence-corrected chi connectivity index (χ4v) is 4.66. The Bertz CT molecular complexity index is 1600. The van der Waals surface area contributed by atoms with Crippen molar-refractivity contribution < 1.29 is 60.6 Å². The summed E-state index contributed by atoms with van der Waals surface area (Å²) in [6, 6.07) is 15.5. The quantitative estimate of drug-likeness (QED) is 0.253. The molecule has 0 heterocycles. The van der Waals surface area contributed by atoms with E-state index < -0.39 is 25.1 Å². The Morgan fingerprint density at radius 2 is 1.22 bits per heavy atom. The first kappa shape index (κ1) is 24.3. The molecule has 12 heteroatoms. The molecular formula is C20H13N2NaO7S2. The minimum Gasteiger partial charge on any atom is -0.744 e. The van der Waals surface area contributed by atoms with Gasteiger partial charge in [0.15, 0.2) is 5.75 Å². The third-order valence-corrected chi connectivity index (χ3v) is 6.45. The maximum atomic E-state index is 11.6. The molecule has 158 valence electrons. The first-order valence-electron chi connectivity index (χ1n) is 8.69. The molecule has 0 aliphatic rings. The van der Waals surface area contributed by atoms with Gasteiger partial charge in [-0.15, -0.1) is 10.2 Å². The van der Waals surface area contributed by atoms with E-state index in [0.29, 0.717) is 5.39 Å². The Balaban J connectivity index is 0.00000289. The minimum atomic E-state index is -4.74. The molecule has 4 aromatic carbocycles. The van der Waals surface area contributed by atoms with Crippen LogP contribution in [-0.2, 0) is 20.2 Å². The largest absolute Gasteiger partial charge is 1.00 e. The van der Waals surface area contributed by atoms with Gasteiger partial charge in [0.05, 0.1) is 10.6 Å². The maximum absolute atomic E-state index is 11.6. The smallest absolute Gasteiger partial charge is 0.744 e. The molecule has 0 aliphatic heterocycles. The van der Waals surface area contributed by atoms with Crippen molar-refractivity contribution in [3.8, 4) is 5.75 Å². The summed E-state index contributed by atoms with van der Waals surface area (Å²) in [7, 11) is -9.19. The Kier molecular flexibility index (Phi) is 6.72. The van der Waals surface area contributed by atoms with Gasteiger partial charge < -0.3 is 9.66 Å². The van der Waals surface area contributed by atoms with Gasteiger partial charge in [0.1, 0.15) is 20.7 Å². The second-order valence-corrected chi connectivity index (χ2v) is 9.28. The normalized spacial score (nSPS) is 12.3. The fraction of sp³-hybridized carbons (Fsp3) is 0. The van der Waals surface area contributed by atoms with E-state index in [9.17, 15) is 31.0 Å². The van der Waals surface area contributed by atoms with E-state index in [0.717, 1.165) is 6.07 Å². The van der Waals surface area contributed by atoms with Crippen LogP contribution in [-0.4, -0.2) is 31.0 Å². The number of hydrogen-bond acceptors (Lipinski definition) is 8. The van der Waals surface area contributed by atoms with E-state index >= 15 is 0 Å². The van der Waals surface area contributed by atoms with Gasteiger partial charge in [-0.05, 0) is 24.3 Å². The molecule has 4 aromatic rings. The van der Waals surface area contributed by atoms with Gasteiger partial charge in [0.25, 0.3) is 10.1 Å². The molecule has 0 bridgehead atoms. The molecule has 0 saturated carbocycles. The van der Waals surface area contributed by atoms with Crippen LogP contribution in [0.4, 0.5) is 11.4 Å². The Hall–Kier alpha value is -2.38. The first-order chi connectivity index (χ1) is 14.6. The zero-order valence-corrected chi connectivity index (χ0v) is 20.1. The molecule has 0 amide bonds. The maximum Gasteiger partial charge on any atom is 1.00 e. The summed E-state index contributed by atoms with van der Waals surface area (Å²) in [6.07, 6.45) is 0. The van der Waals surface area contributed by atoms with Crippen LogP contribution >= 0.6 is 0 Å². The third kappa shape index (κ3) is 4.55. The van der Waals surface area contributed by atoms with Crippen LogP contribution in [0.25, 0.3) is 21.5 Å². The molecule has 0 spiro atoms. The summed E-state index contributed by atoms with van der Waals surface area (Å²) in [5, 5.41) is 19.4. The molecule has 9 nitrogen and oxygen atoms in total. The molecule has 0 unspecified atom stereocenters. The van der Waals surface area contributed by atoms with Gasteiger partial charge in [0, 0.05) is 21.5 Å². The van der Waals surface area contributed by atoms with Crippen molar-refractivity contribution in [2.45, 2.75) is 9.79 Å². The summed E-state index contributed by atoms with van der Waals surface area (Å²) in [5.41, 5.74) is 0.286. The molecular weight excluding hydrogens is 467 g/mol. The van der Waals surface area contributed by atoms with Crippen molar-refractivity contribution in [1.82, 2.24) is 0 Å². The number of benzene rings is 4. The van der Waals surface area contributed by atoms with Crippen LogP contribution in [0, 0.1) is 0 Å². The second kappa shape index (κ2) is 8.87. The van der Waals surface area contributed by atoms with Crippen LogP contribution < -0.4 is 29.6 Å². The van der Waals surface area contributed by atoms with Crippen molar-refractivity contribution in [2.24, 2.45) is 10.2 Å². The number of hydrogen-bond donors (Lipinski definition) is 2. The Morgan fingerprint density at radius 1 is 0.656 bits per heavy atom. The average Bonchev–Trinajstić information content (AvgIpc) is 2.71. The van der Waals surface area contributed by atoms with Crippen molar-refractivity contribution in [1.29, 1.82) is 0 Å². The van der Waals surface area contributed by atoms with Gasteiger partial charge in [-0.3, -0.25) is 4.55 Å². The summed E-state index contributed by atoms with van der Waals surface area (Å²) in [4.78, 5) is -0.738. The van der Waals surface area contributed by atoms with E-state index in [4.69, 9.17) is 0 Å². The van der Waals surface area contributed by atoms with E-state index in [1.54, 1.807) is 18.2 Å². The topological polar surface area (TPSA) is 157 Å². The van der Waals surface area contributed by atoms with Crippen molar-refractivity contribution >= 4 is 53.2 Å². The molecule has 0 saturated heterocycles. The molecule has 0 fully saturated rings. The zero-order chi connectivity index (χ0) is 22.4. The predicted molar refractivity (Wildman–Crippen MR) is 112 cm³/mol. The SMILES string of the molecule is O=S(=O)([O-])c1cccc2c(O)c(N=Nc3ccc(S(=O)(=O)O)c4ccccc34)ccc12.[Na+]. The first-order valence-corrected chi connectivity index (χ1v) is 11.5. The van der Waals surface area contributed by atoms with Gasteiger partial charge in [-0.2, -0.15) is 8.42 Å². The third-order valence-electron chi connectivity index (χ3n) is 4.65. The number of aromatic hydroxyl groups is 1. The number of phenols is 1. The van der Waals surface area contributed by atoms with E-state index in [2.05, 4.69) is 10.2 Å². The molecule has 32 heavy (non-hydrogen) atoms. The van der Waals surface area contributed by atoms with Gasteiger partial charge >= 0.3 is 29.6 Å². The average molecular weight is 480 g/mol. The van der Waals surface area contributed by atoms with Crippen LogP contribution in [0.15, 0.2) is 86.7 Å². The summed E-state index contributed by atoms with van der Waals surface area (Å²) in [5.74, 6) is -0.370. The van der Waals surface area contributed by atoms with Gasteiger partial charge in [0.2, 0.25) is 0 Å². The van der Waals surface area contributed by atoms with Crippen LogP contribution in [0.3, 0.4) is 0 Å². The molecule has 0 atom stereocenters. The predicted octanol–water partition coefficient (Wildman–Crippen LogP) is 1.27. The second-order valence-electron chi connectivity index (χ2n) is 6.54. The Labute approximate surface area is 205 Å². The molecule has 0 aromatic heterocycles. The van der Waals surface area contributed by atoms with Crippen LogP contribution in [0.2, 0.25) is 0 Å². The van der Waals surface area contributed by atoms with Crippen LogP contribution in [0.5, 0.6) is 5.75 Å². The summed E-state index contributed by atoms with van der Waals surface area (Å²) in [6.45, 7) is 0. The van der Waals surface area contributed by atoms with Crippen molar-refractivity contribution in [3.05, 3.63) is 66.7 Å². The van der Waals surface area contributed by atoms with Gasteiger partial charge in [-0.25, -0.2) is 8.42 Å². The van der Waals surface area contributed by atoms with E-state index in [-0.39, 0.29) is 67.7 Å². The molecule has 4 rings (SSSR count). The minimum absolute atomic E-state index is 0. The summed E-state index contributed by atoms with van der Waals surface area (Å²) < 4.78 is 66.9. The number of azo groups is 1.